The molecular weight excluding hydrogens is 212 g/mol. The van der Waals surface area contributed by atoms with Gasteiger partial charge in [0, 0.05) is 23.8 Å². The Morgan fingerprint density at radius 1 is 1.64 bits per heavy atom. The normalized spacial score (nSPS) is 21.6. The van der Waals surface area contributed by atoms with Gasteiger partial charge in [0.1, 0.15) is 0 Å². The fourth-order valence-corrected chi connectivity index (χ4v) is 2.94. The molecule has 1 N–H and O–H groups in total. The summed E-state index contributed by atoms with van der Waals surface area (Å²) in [6.45, 7) is 0. The van der Waals surface area contributed by atoms with Crippen LogP contribution in [0.5, 0.6) is 0 Å². The molecule has 0 spiro atoms. The predicted molar refractivity (Wildman–Crippen MR) is 65.0 cm³/mol. The van der Waals surface area contributed by atoms with Crippen LogP contribution < -0.4 is 0 Å². The first-order valence-electron chi connectivity index (χ1n) is 4.86. The van der Waals surface area contributed by atoms with Gasteiger partial charge in [-0.2, -0.15) is 5.26 Å². The third kappa shape index (κ3) is 3.39. The molecule has 0 aromatic carbocycles. The van der Waals surface area contributed by atoms with Crippen LogP contribution >= 0.6 is 24.0 Å². The van der Waals surface area contributed by atoms with Gasteiger partial charge >= 0.3 is 0 Å². The molecule has 14 heavy (non-hydrogen) atoms. The first-order valence-corrected chi connectivity index (χ1v) is 6.26. The smallest absolute Gasteiger partial charge is 0.0630 e. The molecule has 0 saturated heterocycles. The molecule has 0 radical (unpaired) electrons. The van der Waals surface area contributed by atoms with Gasteiger partial charge in [0.2, 0.25) is 0 Å². The van der Waals surface area contributed by atoms with E-state index in [2.05, 4.69) is 6.07 Å². The third-order valence-electron chi connectivity index (χ3n) is 2.35. The lowest BCUT2D eigenvalue weighted by atomic mass is 9.89. The molecule has 4 heteroatoms. The van der Waals surface area contributed by atoms with Crippen LogP contribution in [0.4, 0.5) is 0 Å². The number of nitrogens with one attached hydrogen (secondary N) is 1. The Morgan fingerprint density at radius 2 is 2.43 bits per heavy atom. The second kappa shape index (κ2) is 6.15. The van der Waals surface area contributed by atoms with E-state index in [1.54, 1.807) is 11.8 Å². The number of hydrogen-bond donors (Lipinski definition) is 1. The van der Waals surface area contributed by atoms with E-state index in [0.717, 1.165) is 34.9 Å². The van der Waals surface area contributed by atoms with Crippen molar-refractivity contribution in [3.8, 4) is 6.07 Å². The molecule has 76 valence electrons. The van der Waals surface area contributed by atoms with E-state index < -0.39 is 0 Å². The van der Waals surface area contributed by atoms with Gasteiger partial charge in [-0.3, -0.25) is 0 Å². The van der Waals surface area contributed by atoms with Crippen molar-refractivity contribution in [1.82, 2.24) is 0 Å². The van der Waals surface area contributed by atoms with Gasteiger partial charge in [0.25, 0.3) is 0 Å². The molecular formula is C10H14N2S2. The predicted octanol–water partition coefficient (Wildman–Crippen LogP) is 3.17. The van der Waals surface area contributed by atoms with Crippen molar-refractivity contribution < 1.29 is 0 Å². The second-order valence-corrected chi connectivity index (χ2v) is 5.23. The molecule has 0 amide bonds. The Balaban J connectivity index is 2.35. The Kier molecular flexibility index (Phi) is 5.13. The molecule has 0 aromatic heterocycles. The lowest BCUT2D eigenvalue weighted by molar-refractivity contribution is 0.616. The molecule has 0 aromatic rings. The monoisotopic (exact) mass is 226 g/mol. The molecule has 1 rings (SSSR count). The van der Waals surface area contributed by atoms with Crippen LogP contribution in [0.15, 0.2) is 0 Å². The number of rotatable bonds is 3. The lowest BCUT2D eigenvalue weighted by Gasteiger charge is -2.22. The summed E-state index contributed by atoms with van der Waals surface area (Å²) < 4.78 is 0.921. The maximum absolute atomic E-state index is 8.39. The van der Waals surface area contributed by atoms with Crippen LogP contribution in [0, 0.1) is 22.7 Å². The Labute approximate surface area is 94.6 Å². The molecule has 0 heterocycles. The van der Waals surface area contributed by atoms with Crippen LogP contribution in [-0.4, -0.2) is 15.7 Å². The molecule has 1 fully saturated rings. The van der Waals surface area contributed by atoms with Gasteiger partial charge in [0.05, 0.1) is 10.3 Å². The summed E-state index contributed by atoms with van der Waals surface area (Å²) in [6, 6.07) is 2.10. The average Bonchev–Trinajstić information content (AvgIpc) is 2.18. The lowest BCUT2D eigenvalue weighted by Crippen LogP contribution is -2.23. The summed E-state index contributed by atoms with van der Waals surface area (Å²) in [5.41, 5.74) is 0.797. The highest BCUT2D eigenvalue weighted by Gasteiger charge is 2.22. The van der Waals surface area contributed by atoms with E-state index in [1.165, 1.54) is 6.42 Å². The van der Waals surface area contributed by atoms with E-state index >= 15 is 0 Å². The van der Waals surface area contributed by atoms with Gasteiger partial charge in [-0.25, -0.2) is 0 Å². The molecule has 0 aliphatic heterocycles. The fourth-order valence-electron chi connectivity index (χ4n) is 1.57. The Hall–Kier alpha value is -0.400. The molecule has 0 unspecified atom stereocenters. The van der Waals surface area contributed by atoms with Crippen molar-refractivity contribution in [2.24, 2.45) is 5.92 Å². The van der Waals surface area contributed by atoms with Crippen LogP contribution in [0.25, 0.3) is 0 Å². The van der Waals surface area contributed by atoms with Crippen molar-refractivity contribution in [1.29, 1.82) is 10.7 Å². The quantitative estimate of drug-likeness (QED) is 0.594. The maximum atomic E-state index is 8.39. The van der Waals surface area contributed by atoms with Crippen LogP contribution in [0.2, 0.25) is 0 Å². The van der Waals surface area contributed by atoms with Gasteiger partial charge in [-0.15, -0.1) is 11.8 Å². The number of thioether (sulfide) groups is 1. The summed E-state index contributed by atoms with van der Waals surface area (Å²) in [6.07, 6.45) is 4.82. The van der Waals surface area contributed by atoms with Crippen molar-refractivity contribution in [2.45, 2.75) is 32.1 Å². The SMILES string of the molecule is N#CCCSC(=S)[C@@H]1CCCCC1=N. The zero-order valence-corrected chi connectivity index (χ0v) is 9.72. The topological polar surface area (TPSA) is 47.6 Å². The molecule has 1 saturated carbocycles. The van der Waals surface area contributed by atoms with Crippen molar-refractivity contribution >= 4 is 33.9 Å². The van der Waals surface area contributed by atoms with Crippen LogP contribution in [0.1, 0.15) is 32.1 Å². The first-order chi connectivity index (χ1) is 6.75. The molecule has 1 atom stereocenters. The molecule has 0 bridgehead atoms. The van der Waals surface area contributed by atoms with E-state index in [-0.39, 0.29) is 5.92 Å². The van der Waals surface area contributed by atoms with Crippen LogP contribution in [0.3, 0.4) is 0 Å². The fraction of sp³-hybridized carbons (Fsp3) is 0.700. The number of nitrogens with zero attached hydrogens (tertiary/aromatic N) is 1. The molecule has 1 aliphatic carbocycles. The Morgan fingerprint density at radius 3 is 3.07 bits per heavy atom. The third-order valence-corrected chi connectivity index (χ3v) is 3.97. The van der Waals surface area contributed by atoms with Gasteiger partial charge < -0.3 is 5.41 Å². The number of nitriles is 1. The van der Waals surface area contributed by atoms with Gasteiger partial charge in [-0.05, 0) is 19.3 Å². The van der Waals surface area contributed by atoms with Crippen LogP contribution in [-0.2, 0) is 0 Å². The summed E-state index contributed by atoms with van der Waals surface area (Å²) in [4.78, 5) is 0. The minimum atomic E-state index is 0.211. The van der Waals surface area contributed by atoms with Gasteiger partial charge in [0.15, 0.2) is 0 Å². The molecule has 1 aliphatic rings. The van der Waals surface area contributed by atoms with Crippen molar-refractivity contribution in [3.63, 3.8) is 0 Å². The van der Waals surface area contributed by atoms with E-state index in [4.69, 9.17) is 22.9 Å². The highest BCUT2D eigenvalue weighted by molar-refractivity contribution is 8.23. The van der Waals surface area contributed by atoms with E-state index in [0.29, 0.717) is 6.42 Å². The summed E-state index contributed by atoms with van der Waals surface area (Å²) in [5.74, 6) is 0.987. The summed E-state index contributed by atoms with van der Waals surface area (Å²) >= 11 is 6.86. The highest BCUT2D eigenvalue weighted by atomic mass is 32.2. The van der Waals surface area contributed by atoms with E-state index in [1.807, 2.05) is 0 Å². The van der Waals surface area contributed by atoms with E-state index in [9.17, 15) is 0 Å². The minimum absolute atomic E-state index is 0.211. The second-order valence-electron chi connectivity index (χ2n) is 3.40. The Bertz CT molecular complexity index is 268. The van der Waals surface area contributed by atoms with Gasteiger partial charge in [-0.1, -0.05) is 18.6 Å². The van der Waals surface area contributed by atoms with Crippen molar-refractivity contribution in [3.05, 3.63) is 0 Å². The number of thiocarbonyl (C=S) groups is 1. The highest BCUT2D eigenvalue weighted by Crippen LogP contribution is 2.27. The van der Waals surface area contributed by atoms with Crippen molar-refractivity contribution in [2.75, 3.05) is 5.75 Å². The minimum Gasteiger partial charge on any atom is -0.309 e. The zero-order chi connectivity index (χ0) is 10.4. The standard InChI is InChI=1S/C10H14N2S2/c11-6-3-7-14-10(13)8-4-1-2-5-9(8)12/h8,12H,1-5,7H2/t8-/m1/s1. The summed E-state index contributed by atoms with van der Waals surface area (Å²) in [5, 5.41) is 16.2. The zero-order valence-electron chi connectivity index (χ0n) is 8.08. The average molecular weight is 226 g/mol. The number of hydrogen-bond acceptors (Lipinski definition) is 4. The largest absolute Gasteiger partial charge is 0.309 e. The first kappa shape index (κ1) is 11.7. The summed E-state index contributed by atoms with van der Waals surface area (Å²) in [7, 11) is 0. The maximum Gasteiger partial charge on any atom is 0.0630 e. The molecule has 2 nitrogen and oxygen atoms in total.